The summed E-state index contributed by atoms with van der Waals surface area (Å²) in [5, 5.41) is 11.5. The summed E-state index contributed by atoms with van der Waals surface area (Å²) in [6.45, 7) is 2.03. The fourth-order valence-corrected chi connectivity index (χ4v) is 2.78. The van der Waals surface area contributed by atoms with E-state index < -0.39 is 0 Å². The van der Waals surface area contributed by atoms with Gasteiger partial charge in [0.15, 0.2) is 10.9 Å². The molecule has 0 radical (unpaired) electrons. The standard InChI is InChI=1S/C17H11ClN2O/c1-10-5-4-6-11-9-14(21-16(10)11)15-12-7-2-3-8-13(12)17(18)20-19-15/h2-9H,1H3. The van der Waals surface area contributed by atoms with E-state index in [9.17, 15) is 0 Å². The Balaban J connectivity index is 2.05. The van der Waals surface area contributed by atoms with Gasteiger partial charge in [0.05, 0.1) is 0 Å². The summed E-state index contributed by atoms with van der Waals surface area (Å²) in [4.78, 5) is 0. The molecular weight excluding hydrogens is 284 g/mol. The molecule has 0 bridgehead atoms. The number of para-hydroxylation sites is 1. The summed E-state index contributed by atoms with van der Waals surface area (Å²) in [7, 11) is 0. The van der Waals surface area contributed by atoms with Crippen LogP contribution in [-0.4, -0.2) is 10.2 Å². The number of hydrogen-bond acceptors (Lipinski definition) is 3. The van der Waals surface area contributed by atoms with Gasteiger partial charge >= 0.3 is 0 Å². The molecule has 0 atom stereocenters. The lowest BCUT2D eigenvalue weighted by molar-refractivity contribution is 0.625. The molecule has 0 amide bonds. The Hall–Kier alpha value is -2.39. The number of fused-ring (bicyclic) bond motifs is 2. The molecule has 0 unspecified atom stereocenters. The lowest BCUT2D eigenvalue weighted by Crippen LogP contribution is -1.90. The largest absolute Gasteiger partial charge is 0.454 e. The van der Waals surface area contributed by atoms with Gasteiger partial charge in [0.1, 0.15) is 11.3 Å². The quantitative estimate of drug-likeness (QED) is 0.495. The predicted octanol–water partition coefficient (Wildman–Crippen LogP) is 5.00. The highest BCUT2D eigenvalue weighted by molar-refractivity contribution is 6.34. The second-order valence-electron chi connectivity index (χ2n) is 4.99. The zero-order chi connectivity index (χ0) is 14.4. The minimum absolute atomic E-state index is 0.404. The van der Waals surface area contributed by atoms with Crippen LogP contribution in [0.15, 0.2) is 52.9 Å². The molecule has 0 saturated carbocycles. The van der Waals surface area contributed by atoms with Crippen molar-refractivity contribution >= 4 is 33.3 Å². The van der Waals surface area contributed by atoms with Crippen molar-refractivity contribution in [1.29, 1.82) is 0 Å². The summed E-state index contributed by atoms with van der Waals surface area (Å²) < 4.78 is 5.99. The summed E-state index contributed by atoms with van der Waals surface area (Å²) in [6, 6.07) is 15.9. The smallest absolute Gasteiger partial charge is 0.159 e. The van der Waals surface area contributed by atoms with Crippen molar-refractivity contribution in [3.05, 3.63) is 59.2 Å². The molecule has 4 aromatic rings. The van der Waals surface area contributed by atoms with Crippen molar-refractivity contribution in [2.75, 3.05) is 0 Å². The summed E-state index contributed by atoms with van der Waals surface area (Å²) in [5.74, 6) is 0.708. The number of nitrogens with zero attached hydrogens (tertiary/aromatic N) is 2. The molecule has 0 saturated heterocycles. The number of rotatable bonds is 1. The van der Waals surface area contributed by atoms with Crippen LogP contribution in [0.3, 0.4) is 0 Å². The first-order valence-corrected chi connectivity index (χ1v) is 7.02. The van der Waals surface area contributed by atoms with E-state index in [2.05, 4.69) is 10.2 Å². The molecule has 102 valence electrons. The van der Waals surface area contributed by atoms with Crippen LogP contribution in [0.25, 0.3) is 33.2 Å². The Labute approximate surface area is 126 Å². The van der Waals surface area contributed by atoms with Gasteiger partial charge in [0, 0.05) is 16.2 Å². The van der Waals surface area contributed by atoms with Gasteiger partial charge in [-0.15, -0.1) is 10.2 Å². The summed E-state index contributed by atoms with van der Waals surface area (Å²) in [5.41, 5.74) is 2.70. The average Bonchev–Trinajstić information content (AvgIpc) is 2.93. The topological polar surface area (TPSA) is 38.9 Å². The summed E-state index contributed by atoms with van der Waals surface area (Å²) >= 11 is 6.12. The normalized spacial score (nSPS) is 11.3. The molecule has 2 aromatic heterocycles. The van der Waals surface area contributed by atoms with Crippen molar-refractivity contribution in [2.45, 2.75) is 6.92 Å². The maximum Gasteiger partial charge on any atom is 0.159 e. The molecule has 21 heavy (non-hydrogen) atoms. The Morgan fingerprint density at radius 3 is 2.57 bits per heavy atom. The number of aromatic nitrogens is 2. The molecule has 0 fully saturated rings. The van der Waals surface area contributed by atoms with E-state index in [1.165, 1.54) is 0 Å². The van der Waals surface area contributed by atoms with Crippen LogP contribution in [-0.2, 0) is 0 Å². The predicted molar refractivity (Wildman–Crippen MR) is 84.5 cm³/mol. The van der Waals surface area contributed by atoms with Gasteiger partial charge in [0.2, 0.25) is 0 Å². The fraction of sp³-hybridized carbons (Fsp3) is 0.0588. The molecule has 0 N–H and O–H groups in total. The molecule has 0 aliphatic heterocycles. The molecular formula is C17H11ClN2O. The molecule has 4 heteroatoms. The first kappa shape index (κ1) is 12.4. The lowest BCUT2D eigenvalue weighted by atomic mass is 10.1. The number of aryl methyl sites for hydroxylation is 1. The maximum absolute atomic E-state index is 6.12. The van der Waals surface area contributed by atoms with E-state index in [4.69, 9.17) is 16.0 Å². The van der Waals surface area contributed by atoms with E-state index in [0.29, 0.717) is 16.6 Å². The first-order valence-electron chi connectivity index (χ1n) is 6.64. The van der Waals surface area contributed by atoms with Crippen LogP contribution in [0.1, 0.15) is 5.56 Å². The van der Waals surface area contributed by atoms with Crippen LogP contribution in [0.4, 0.5) is 0 Å². The molecule has 4 rings (SSSR count). The fourth-order valence-electron chi connectivity index (χ4n) is 2.58. The van der Waals surface area contributed by atoms with E-state index in [1.807, 2.05) is 55.5 Å². The third-order valence-electron chi connectivity index (χ3n) is 3.62. The van der Waals surface area contributed by atoms with E-state index in [-0.39, 0.29) is 0 Å². The van der Waals surface area contributed by atoms with Gasteiger partial charge in [0.25, 0.3) is 0 Å². The molecule has 0 aliphatic carbocycles. The number of furan rings is 1. The van der Waals surface area contributed by atoms with Crippen LogP contribution >= 0.6 is 11.6 Å². The second kappa shape index (κ2) is 4.57. The van der Waals surface area contributed by atoms with Crippen molar-refractivity contribution in [1.82, 2.24) is 10.2 Å². The molecule has 2 aromatic carbocycles. The van der Waals surface area contributed by atoms with E-state index >= 15 is 0 Å². The maximum atomic E-state index is 6.12. The zero-order valence-electron chi connectivity index (χ0n) is 11.3. The van der Waals surface area contributed by atoms with Crippen LogP contribution in [0, 0.1) is 6.92 Å². The third-order valence-corrected chi connectivity index (χ3v) is 3.90. The van der Waals surface area contributed by atoms with Crippen molar-refractivity contribution in [3.63, 3.8) is 0 Å². The highest BCUT2D eigenvalue weighted by atomic mass is 35.5. The minimum atomic E-state index is 0.404. The van der Waals surface area contributed by atoms with Crippen LogP contribution in [0.5, 0.6) is 0 Å². The van der Waals surface area contributed by atoms with Crippen LogP contribution < -0.4 is 0 Å². The van der Waals surface area contributed by atoms with Crippen molar-refractivity contribution < 1.29 is 4.42 Å². The monoisotopic (exact) mass is 294 g/mol. The van der Waals surface area contributed by atoms with Gasteiger partial charge in [-0.2, -0.15) is 0 Å². The Morgan fingerprint density at radius 2 is 1.76 bits per heavy atom. The number of benzene rings is 2. The Morgan fingerprint density at radius 1 is 0.952 bits per heavy atom. The Kier molecular flexibility index (Phi) is 2.69. The molecule has 3 nitrogen and oxygen atoms in total. The zero-order valence-corrected chi connectivity index (χ0v) is 12.1. The molecule has 0 spiro atoms. The average molecular weight is 295 g/mol. The van der Waals surface area contributed by atoms with Gasteiger partial charge < -0.3 is 4.42 Å². The van der Waals surface area contributed by atoms with E-state index in [1.54, 1.807) is 0 Å². The molecule has 0 aliphatic rings. The van der Waals surface area contributed by atoms with Gasteiger partial charge in [-0.1, -0.05) is 54.1 Å². The third kappa shape index (κ3) is 1.89. The van der Waals surface area contributed by atoms with Crippen LogP contribution in [0.2, 0.25) is 5.15 Å². The SMILES string of the molecule is Cc1cccc2cc(-c3nnc(Cl)c4ccccc34)oc12. The van der Waals surface area contributed by atoms with Crippen molar-refractivity contribution in [2.24, 2.45) is 0 Å². The van der Waals surface area contributed by atoms with Gasteiger partial charge in [-0.25, -0.2) is 0 Å². The summed E-state index contributed by atoms with van der Waals surface area (Å²) in [6.07, 6.45) is 0. The lowest BCUT2D eigenvalue weighted by Gasteiger charge is -2.03. The number of hydrogen-bond donors (Lipinski definition) is 0. The minimum Gasteiger partial charge on any atom is -0.454 e. The first-order chi connectivity index (χ1) is 10.2. The molecule has 2 heterocycles. The highest BCUT2D eigenvalue weighted by Gasteiger charge is 2.14. The van der Waals surface area contributed by atoms with E-state index in [0.717, 1.165) is 27.3 Å². The van der Waals surface area contributed by atoms with Gasteiger partial charge in [-0.05, 0) is 18.6 Å². The van der Waals surface area contributed by atoms with Gasteiger partial charge in [-0.3, -0.25) is 0 Å². The second-order valence-corrected chi connectivity index (χ2v) is 5.35. The highest BCUT2D eigenvalue weighted by Crippen LogP contribution is 2.33. The van der Waals surface area contributed by atoms with Crippen molar-refractivity contribution in [3.8, 4) is 11.5 Å². The Bertz CT molecular complexity index is 975. The number of halogens is 1.